The molecule has 0 aliphatic carbocycles. The van der Waals surface area contributed by atoms with Crippen LogP contribution in [0.25, 0.3) is 10.8 Å². The summed E-state index contributed by atoms with van der Waals surface area (Å²) in [5.41, 5.74) is 1.70. The Morgan fingerprint density at radius 3 is 2.66 bits per heavy atom. The third kappa shape index (κ3) is 7.32. The Balaban J connectivity index is 0.00000108. The van der Waals surface area contributed by atoms with E-state index in [-0.39, 0.29) is 29.7 Å². The summed E-state index contributed by atoms with van der Waals surface area (Å²) in [6.45, 7) is 6.35. The van der Waals surface area contributed by atoms with E-state index in [0.29, 0.717) is 36.3 Å². The number of halogens is 2. The minimum atomic E-state index is -0.134. The molecule has 0 N–H and O–H groups in total. The number of carbonyl (C=O) groups is 1. The van der Waals surface area contributed by atoms with E-state index in [1.807, 2.05) is 24.3 Å². The first-order valence-corrected chi connectivity index (χ1v) is 12.5. The summed E-state index contributed by atoms with van der Waals surface area (Å²) in [7, 11) is 0. The molecule has 188 valence electrons. The second-order valence-corrected chi connectivity index (χ2v) is 9.22. The van der Waals surface area contributed by atoms with Crippen LogP contribution in [0.2, 0.25) is 5.02 Å². The Hall–Kier alpha value is -2.84. The standard InChI is InChI=1S/C23H25ClFN5O2.C3H8/c24-18-6-4-17(5-7-18)13-22-21-14-26-9-8-20(21)23(32)30(27-22)15-19-3-1-10-28(19)11-2-12-29(25)16-31;1-3-2/h4-9,14,16,19H,1-3,10-13,15H2;3H2,1-2H3. The first-order chi connectivity index (χ1) is 17.0. The van der Waals surface area contributed by atoms with Gasteiger partial charge in [-0.1, -0.05) is 48.5 Å². The number of hydrogen-bond acceptors (Lipinski definition) is 5. The Bertz CT molecular complexity index is 1150. The lowest BCUT2D eigenvalue weighted by atomic mass is 10.1. The van der Waals surface area contributed by atoms with Crippen LogP contribution < -0.4 is 5.56 Å². The van der Waals surface area contributed by atoms with Crippen LogP contribution in [-0.4, -0.2) is 56.9 Å². The van der Waals surface area contributed by atoms with Gasteiger partial charge in [0.15, 0.2) is 0 Å². The number of carbonyl (C=O) groups excluding carboxylic acids is 1. The third-order valence-corrected chi connectivity index (χ3v) is 6.19. The van der Waals surface area contributed by atoms with Gasteiger partial charge in [0.2, 0.25) is 6.41 Å². The van der Waals surface area contributed by atoms with Gasteiger partial charge in [-0.3, -0.25) is 19.5 Å². The molecule has 4 rings (SSSR count). The molecule has 1 amide bonds. The van der Waals surface area contributed by atoms with Crippen LogP contribution in [0, 0.1) is 0 Å². The summed E-state index contributed by atoms with van der Waals surface area (Å²) in [5, 5.41) is 6.92. The number of amides is 1. The molecule has 1 unspecified atom stereocenters. The largest absolute Gasteiger partial charge is 0.298 e. The van der Waals surface area contributed by atoms with Gasteiger partial charge in [-0.2, -0.15) is 10.2 Å². The zero-order valence-corrected chi connectivity index (χ0v) is 21.1. The molecule has 0 radical (unpaired) electrons. The third-order valence-electron chi connectivity index (χ3n) is 5.94. The maximum absolute atomic E-state index is 13.2. The van der Waals surface area contributed by atoms with Crippen molar-refractivity contribution >= 4 is 28.8 Å². The van der Waals surface area contributed by atoms with E-state index in [2.05, 4.69) is 23.7 Å². The van der Waals surface area contributed by atoms with E-state index >= 15 is 0 Å². The second-order valence-electron chi connectivity index (χ2n) is 8.78. The maximum Gasteiger partial charge on any atom is 0.274 e. The minimum absolute atomic E-state index is 0.0686. The van der Waals surface area contributed by atoms with Crippen LogP contribution in [0.5, 0.6) is 0 Å². The Kier molecular flexibility index (Phi) is 10.2. The normalized spacial score (nSPS) is 15.6. The smallest absolute Gasteiger partial charge is 0.274 e. The number of rotatable bonds is 9. The average Bonchev–Trinajstić information content (AvgIpc) is 3.30. The summed E-state index contributed by atoms with van der Waals surface area (Å²) in [6.07, 6.45) is 7.82. The van der Waals surface area contributed by atoms with Crippen molar-refractivity contribution in [3.8, 4) is 0 Å². The van der Waals surface area contributed by atoms with Gasteiger partial charge in [-0.05, 0) is 49.6 Å². The lowest BCUT2D eigenvalue weighted by Gasteiger charge is -2.25. The molecule has 7 nitrogen and oxygen atoms in total. The molecule has 3 aromatic rings. The van der Waals surface area contributed by atoms with Gasteiger partial charge < -0.3 is 0 Å². The lowest BCUT2D eigenvalue weighted by Crippen LogP contribution is -2.38. The van der Waals surface area contributed by atoms with Crippen molar-refractivity contribution in [3.05, 3.63) is 69.4 Å². The molecule has 1 aromatic carbocycles. The molecule has 0 spiro atoms. The number of benzene rings is 1. The molecule has 0 bridgehead atoms. The molecule has 3 heterocycles. The topological polar surface area (TPSA) is 71.3 Å². The van der Waals surface area contributed by atoms with Crippen molar-refractivity contribution in [1.82, 2.24) is 24.8 Å². The zero-order chi connectivity index (χ0) is 25.2. The average molecular weight is 502 g/mol. The predicted molar refractivity (Wildman–Crippen MR) is 137 cm³/mol. The number of hydrogen-bond donors (Lipinski definition) is 0. The van der Waals surface area contributed by atoms with E-state index in [1.54, 1.807) is 23.1 Å². The van der Waals surface area contributed by atoms with E-state index in [4.69, 9.17) is 16.7 Å². The Morgan fingerprint density at radius 2 is 1.94 bits per heavy atom. The molecule has 1 atom stereocenters. The molecule has 1 fully saturated rings. The van der Waals surface area contributed by atoms with E-state index in [1.165, 1.54) is 6.42 Å². The molecule has 9 heteroatoms. The van der Waals surface area contributed by atoms with Gasteiger partial charge in [0.1, 0.15) is 0 Å². The van der Waals surface area contributed by atoms with Crippen LogP contribution in [0.4, 0.5) is 4.48 Å². The van der Waals surface area contributed by atoms with Gasteiger partial charge in [0.05, 0.1) is 24.2 Å². The second kappa shape index (κ2) is 13.3. The van der Waals surface area contributed by atoms with Crippen molar-refractivity contribution in [2.24, 2.45) is 0 Å². The van der Waals surface area contributed by atoms with Crippen molar-refractivity contribution in [2.75, 3.05) is 19.6 Å². The fourth-order valence-electron chi connectivity index (χ4n) is 4.32. The van der Waals surface area contributed by atoms with Gasteiger partial charge >= 0.3 is 0 Å². The van der Waals surface area contributed by atoms with E-state index in [0.717, 1.165) is 36.0 Å². The molecular weight excluding hydrogens is 469 g/mol. The summed E-state index contributed by atoms with van der Waals surface area (Å²) in [4.78, 5) is 30.0. The van der Waals surface area contributed by atoms with Crippen molar-refractivity contribution in [3.63, 3.8) is 0 Å². The summed E-state index contributed by atoms with van der Waals surface area (Å²) < 4.78 is 14.6. The number of nitrogens with zero attached hydrogens (tertiary/aromatic N) is 5. The highest BCUT2D eigenvalue weighted by atomic mass is 35.5. The summed E-state index contributed by atoms with van der Waals surface area (Å²) in [5.74, 6) is 0. The minimum Gasteiger partial charge on any atom is -0.298 e. The fraction of sp³-hybridized carbons (Fsp3) is 0.462. The quantitative estimate of drug-likeness (QED) is 0.315. The van der Waals surface area contributed by atoms with E-state index < -0.39 is 0 Å². The molecule has 2 aromatic heterocycles. The maximum atomic E-state index is 13.2. The summed E-state index contributed by atoms with van der Waals surface area (Å²) >= 11 is 6.01. The van der Waals surface area contributed by atoms with E-state index in [9.17, 15) is 14.1 Å². The highest BCUT2D eigenvalue weighted by Gasteiger charge is 2.26. The van der Waals surface area contributed by atoms with Crippen LogP contribution in [0.1, 0.15) is 50.8 Å². The van der Waals surface area contributed by atoms with Crippen LogP contribution in [-0.2, 0) is 17.8 Å². The molecule has 1 aliphatic rings. The van der Waals surface area contributed by atoms with Crippen molar-refractivity contribution in [1.29, 1.82) is 0 Å². The van der Waals surface area contributed by atoms with Gasteiger partial charge in [-0.15, -0.1) is 0 Å². The highest BCUT2D eigenvalue weighted by Crippen LogP contribution is 2.21. The fourth-order valence-corrected chi connectivity index (χ4v) is 4.44. The molecular formula is C26H33ClFN5O2. The molecule has 0 saturated carbocycles. The molecule has 1 aliphatic heterocycles. The Morgan fingerprint density at radius 1 is 1.20 bits per heavy atom. The number of fused-ring (bicyclic) bond motifs is 1. The number of likely N-dealkylation sites (tertiary alicyclic amines) is 1. The number of pyridine rings is 1. The van der Waals surface area contributed by atoms with Gasteiger partial charge in [0, 0.05) is 41.8 Å². The Labute approximate surface area is 210 Å². The van der Waals surface area contributed by atoms with Crippen molar-refractivity contribution < 1.29 is 9.28 Å². The number of aromatic nitrogens is 3. The SMILES string of the molecule is CCC.O=CN(F)CCCN1CCCC1Cn1nc(Cc2ccc(Cl)cc2)c2cnccc2c1=O. The predicted octanol–water partition coefficient (Wildman–Crippen LogP) is 4.65. The van der Waals surface area contributed by atoms with Crippen LogP contribution >= 0.6 is 11.6 Å². The highest BCUT2D eigenvalue weighted by molar-refractivity contribution is 6.30. The lowest BCUT2D eigenvalue weighted by molar-refractivity contribution is -0.131. The summed E-state index contributed by atoms with van der Waals surface area (Å²) in [6, 6.07) is 9.47. The first kappa shape index (κ1) is 26.8. The van der Waals surface area contributed by atoms with Gasteiger partial charge in [-0.25, -0.2) is 4.68 Å². The molecule has 1 saturated heterocycles. The first-order valence-electron chi connectivity index (χ1n) is 12.2. The monoisotopic (exact) mass is 501 g/mol. The van der Waals surface area contributed by atoms with Crippen molar-refractivity contribution in [2.45, 2.75) is 58.5 Å². The zero-order valence-electron chi connectivity index (χ0n) is 20.4. The van der Waals surface area contributed by atoms with Crippen LogP contribution in [0.3, 0.4) is 0 Å². The van der Waals surface area contributed by atoms with Gasteiger partial charge in [0.25, 0.3) is 5.56 Å². The molecule has 35 heavy (non-hydrogen) atoms. The van der Waals surface area contributed by atoms with Crippen LogP contribution in [0.15, 0.2) is 47.5 Å².